The molecule has 1 aromatic heterocycles. The Hall–Kier alpha value is -3.32. The number of nitrogens with zero attached hydrogens (tertiary/aromatic N) is 4. The number of morpholine rings is 1. The highest BCUT2D eigenvalue weighted by Crippen LogP contribution is 2.28. The maximum atomic E-state index is 5.47. The second-order valence-electron chi connectivity index (χ2n) is 7.07. The topological polar surface area (TPSA) is 65.5 Å². The molecule has 7 nitrogen and oxygen atoms in total. The van der Waals surface area contributed by atoms with Crippen LogP contribution in [0.1, 0.15) is 0 Å². The molecule has 1 aliphatic rings. The lowest BCUT2D eigenvalue weighted by atomic mass is 10.2. The van der Waals surface area contributed by atoms with E-state index in [1.54, 1.807) is 6.20 Å². The van der Waals surface area contributed by atoms with Crippen LogP contribution in [0.5, 0.6) is 0 Å². The summed E-state index contributed by atoms with van der Waals surface area (Å²) in [6.45, 7) is 3.25. The van der Waals surface area contributed by atoms with Gasteiger partial charge >= 0.3 is 0 Å². The summed E-state index contributed by atoms with van der Waals surface area (Å²) in [6, 6.07) is 18.3. The van der Waals surface area contributed by atoms with Crippen LogP contribution in [-0.4, -0.2) is 50.4 Å². The highest BCUT2D eigenvalue weighted by atomic mass is 16.5. The van der Waals surface area contributed by atoms with Gasteiger partial charge in [0.2, 0.25) is 5.95 Å². The molecular formula is C22H26N6O. The molecule has 2 aromatic carbocycles. The molecule has 0 saturated carbocycles. The summed E-state index contributed by atoms with van der Waals surface area (Å²) < 4.78 is 5.47. The molecule has 1 fully saturated rings. The predicted octanol–water partition coefficient (Wildman–Crippen LogP) is 3.87. The first-order chi connectivity index (χ1) is 14.2. The lowest BCUT2D eigenvalue weighted by molar-refractivity contribution is 0.123. The Bertz CT molecular complexity index is 938. The number of para-hydroxylation sites is 2. The second kappa shape index (κ2) is 8.79. The van der Waals surface area contributed by atoms with E-state index in [1.165, 1.54) is 0 Å². The van der Waals surface area contributed by atoms with Gasteiger partial charge in [0.15, 0.2) is 0 Å². The van der Waals surface area contributed by atoms with Crippen molar-refractivity contribution >= 4 is 34.5 Å². The standard InChI is InChI=1S/C22H26N6O/c1-27(2)18-9-7-17(8-10-18)24-21-11-12-23-22(26-21)25-19-5-3-4-6-20(19)28-13-15-29-16-14-28/h3-12H,13-16H2,1-2H3,(H2,23,24,25,26). The molecule has 0 radical (unpaired) electrons. The molecule has 1 aliphatic heterocycles. The molecule has 0 atom stereocenters. The smallest absolute Gasteiger partial charge is 0.229 e. The Labute approximate surface area is 171 Å². The number of nitrogens with one attached hydrogen (secondary N) is 2. The third kappa shape index (κ3) is 4.75. The quantitative estimate of drug-likeness (QED) is 0.662. The van der Waals surface area contributed by atoms with Crippen molar-refractivity contribution in [1.29, 1.82) is 0 Å². The monoisotopic (exact) mass is 390 g/mol. The number of benzene rings is 2. The van der Waals surface area contributed by atoms with E-state index in [1.807, 2.05) is 50.5 Å². The summed E-state index contributed by atoms with van der Waals surface area (Å²) in [5, 5.41) is 6.71. The van der Waals surface area contributed by atoms with Crippen LogP contribution in [0.25, 0.3) is 0 Å². The Morgan fingerprint density at radius 1 is 0.931 bits per heavy atom. The van der Waals surface area contributed by atoms with Crippen molar-refractivity contribution in [2.24, 2.45) is 0 Å². The number of hydrogen-bond donors (Lipinski definition) is 2. The molecule has 0 bridgehead atoms. The van der Waals surface area contributed by atoms with Gasteiger partial charge in [0, 0.05) is 44.8 Å². The maximum absolute atomic E-state index is 5.47. The van der Waals surface area contributed by atoms with Crippen LogP contribution < -0.4 is 20.4 Å². The zero-order chi connectivity index (χ0) is 20.1. The van der Waals surface area contributed by atoms with Crippen LogP contribution in [0, 0.1) is 0 Å². The van der Waals surface area contributed by atoms with Gasteiger partial charge in [-0.15, -0.1) is 0 Å². The number of ether oxygens (including phenoxy) is 1. The number of anilines is 6. The molecule has 2 heterocycles. The summed E-state index contributed by atoms with van der Waals surface area (Å²) in [5.74, 6) is 1.30. The molecule has 3 aromatic rings. The molecule has 7 heteroatoms. The van der Waals surface area contributed by atoms with Crippen molar-refractivity contribution in [3.8, 4) is 0 Å². The fourth-order valence-electron chi connectivity index (χ4n) is 3.26. The summed E-state index contributed by atoms with van der Waals surface area (Å²) in [5.41, 5.74) is 4.26. The van der Waals surface area contributed by atoms with Crippen molar-refractivity contribution in [2.75, 3.05) is 60.8 Å². The summed E-state index contributed by atoms with van der Waals surface area (Å²) in [7, 11) is 4.05. The van der Waals surface area contributed by atoms with Gasteiger partial charge in [-0.25, -0.2) is 4.98 Å². The molecule has 29 heavy (non-hydrogen) atoms. The van der Waals surface area contributed by atoms with Gasteiger partial charge in [-0.05, 0) is 42.5 Å². The van der Waals surface area contributed by atoms with E-state index in [9.17, 15) is 0 Å². The normalized spacial score (nSPS) is 13.8. The highest BCUT2D eigenvalue weighted by Gasteiger charge is 2.15. The average molecular weight is 390 g/mol. The third-order valence-corrected chi connectivity index (χ3v) is 4.81. The zero-order valence-corrected chi connectivity index (χ0v) is 16.8. The predicted molar refractivity (Wildman–Crippen MR) is 119 cm³/mol. The molecule has 0 spiro atoms. The number of aromatic nitrogens is 2. The zero-order valence-electron chi connectivity index (χ0n) is 16.8. The van der Waals surface area contributed by atoms with E-state index in [4.69, 9.17) is 4.74 Å². The van der Waals surface area contributed by atoms with Crippen LogP contribution >= 0.6 is 0 Å². The lowest BCUT2D eigenvalue weighted by Crippen LogP contribution is -2.36. The maximum Gasteiger partial charge on any atom is 0.229 e. The van der Waals surface area contributed by atoms with Crippen molar-refractivity contribution < 1.29 is 4.74 Å². The first kappa shape index (κ1) is 19.0. The Morgan fingerprint density at radius 2 is 1.69 bits per heavy atom. The minimum Gasteiger partial charge on any atom is -0.378 e. The molecule has 0 aliphatic carbocycles. The molecule has 2 N–H and O–H groups in total. The number of hydrogen-bond acceptors (Lipinski definition) is 7. The van der Waals surface area contributed by atoms with E-state index in [0.29, 0.717) is 5.95 Å². The SMILES string of the molecule is CN(C)c1ccc(Nc2ccnc(Nc3ccccc3N3CCOCC3)n2)cc1. The van der Waals surface area contributed by atoms with Gasteiger partial charge in [-0.2, -0.15) is 4.98 Å². The van der Waals surface area contributed by atoms with Crippen molar-refractivity contribution in [1.82, 2.24) is 9.97 Å². The van der Waals surface area contributed by atoms with Crippen LogP contribution in [0.15, 0.2) is 60.8 Å². The van der Waals surface area contributed by atoms with Gasteiger partial charge < -0.3 is 25.2 Å². The highest BCUT2D eigenvalue weighted by molar-refractivity contribution is 5.74. The Kier molecular flexibility index (Phi) is 5.76. The van der Waals surface area contributed by atoms with Crippen LogP contribution in [0.4, 0.5) is 34.5 Å². The molecule has 150 valence electrons. The van der Waals surface area contributed by atoms with Crippen LogP contribution in [-0.2, 0) is 4.74 Å². The van der Waals surface area contributed by atoms with Crippen molar-refractivity contribution in [2.45, 2.75) is 0 Å². The van der Waals surface area contributed by atoms with Crippen LogP contribution in [0.2, 0.25) is 0 Å². The average Bonchev–Trinajstić information content (AvgIpc) is 2.75. The summed E-state index contributed by atoms with van der Waals surface area (Å²) >= 11 is 0. The number of rotatable bonds is 6. The molecular weight excluding hydrogens is 364 g/mol. The molecule has 0 unspecified atom stereocenters. The lowest BCUT2D eigenvalue weighted by Gasteiger charge is -2.30. The van der Waals surface area contributed by atoms with E-state index in [0.717, 1.165) is 54.9 Å². The Balaban J connectivity index is 1.49. The first-order valence-electron chi connectivity index (χ1n) is 9.75. The largest absolute Gasteiger partial charge is 0.378 e. The van der Waals surface area contributed by atoms with Crippen molar-refractivity contribution in [3.63, 3.8) is 0 Å². The van der Waals surface area contributed by atoms with Gasteiger partial charge in [-0.3, -0.25) is 0 Å². The van der Waals surface area contributed by atoms with E-state index < -0.39 is 0 Å². The van der Waals surface area contributed by atoms with Gasteiger partial charge in [0.25, 0.3) is 0 Å². The van der Waals surface area contributed by atoms with E-state index in [2.05, 4.69) is 48.6 Å². The Morgan fingerprint density at radius 3 is 2.45 bits per heavy atom. The fourth-order valence-corrected chi connectivity index (χ4v) is 3.26. The minimum absolute atomic E-state index is 0.556. The summed E-state index contributed by atoms with van der Waals surface area (Å²) in [6.07, 6.45) is 1.75. The summed E-state index contributed by atoms with van der Waals surface area (Å²) in [4.78, 5) is 13.4. The van der Waals surface area contributed by atoms with Gasteiger partial charge in [0.05, 0.1) is 24.6 Å². The van der Waals surface area contributed by atoms with E-state index in [-0.39, 0.29) is 0 Å². The van der Waals surface area contributed by atoms with Gasteiger partial charge in [-0.1, -0.05) is 12.1 Å². The second-order valence-corrected chi connectivity index (χ2v) is 7.07. The van der Waals surface area contributed by atoms with Gasteiger partial charge in [0.1, 0.15) is 5.82 Å². The fraction of sp³-hybridized carbons (Fsp3) is 0.273. The first-order valence-corrected chi connectivity index (χ1v) is 9.75. The van der Waals surface area contributed by atoms with E-state index >= 15 is 0 Å². The van der Waals surface area contributed by atoms with Crippen LogP contribution in [0.3, 0.4) is 0 Å². The van der Waals surface area contributed by atoms with Crippen molar-refractivity contribution in [3.05, 3.63) is 60.8 Å². The minimum atomic E-state index is 0.556. The molecule has 0 amide bonds. The molecule has 4 rings (SSSR count). The third-order valence-electron chi connectivity index (χ3n) is 4.81. The molecule has 1 saturated heterocycles.